The normalized spacial score (nSPS) is 11.2. The number of hydrogen-bond donors (Lipinski definition) is 4. The van der Waals surface area contributed by atoms with Crippen LogP contribution in [0.15, 0.2) is 0 Å². The van der Waals surface area contributed by atoms with Crippen molar-refractivity contribution in [2.45, 2.75) is 53.4 Å². The van der Waals surface area contributed by atoms with E-state index in [-0.39, 0.29) is 22.8 Å². The lowest BCUT2D eigenvalue weighted by Crippen LogP contribution is -2.46. The zero-order chi connectivity index (χ0) is 22.5. The quantitative estimate of drug-likeness (QED) is 0.201. The van der Waals surface area contributed by atoms with Crippen LogP contribution in [0.4, 0.5) is 0 Å². The monoisotopic (exact) mass is 448 g/mol. The summed E-state index contributed by atoms with van der Waals surface area (Å²) in [6.45, 7) is 9.73. The van der Waals surface area contributed by atoms with Gasteiger partial charge in [0.05, 0.1) is 33.7 Å². The smallest absolute Gasteiger partial charge is 0.306 e. The number of carbonyl (C=O) groups is 2. The van der Waals surface area contributed by atoms with E-state index in [4.69, 9.17) is 33.9 Å². The number of ether oxygens (including phenoxy) is 2. The summed E-state index contributed by atoms with van der Waals surface area (Å²) >= 11 is 10.5. The van der Waals surface area contributed by atoms with E-state index in [0.29, 0.717) is 42.8 Å². The van der Waals surface area contributed by atoms with Gasteiger partial charge in [-0.1, -0.05) is 27.7 Å². The molecule has 0 unspecified atom stereocenters. The van der Waals surface area contributed by atoms with Crippen LogP contribution in [0, 0.1) is 10.8 Å². The molecule has 0 radical (unpaired) electrons. The molecule has 0 fully saturated rings. The summed E-state index contributed by atoms with van der Waals surface area (Å²) < 4.78 is 9.43. The maximum absolute atomic E-state index is 11.4. The first-order chi connectivity index (χ1) is 13.4. The van der Waals surface area contributed by atoms with Crippen molar-refractivity contribution in [2.24, 2.45) is 10.8 Å². The predicted octanol–water partition coefficient (Wildman–Crippen LogP) is 1.83. The second kappa shape index (κ2) is 13.5. The Morgan fingerprint density at radius 2 is 1.07 bits per heavy atom. The van der Waals surface area contributed by atoms with E-state index in [1.807, 2.05) is 27.7 Å². The molecule has 0 aliphatic carbocycles. The van der Waals surface area contributed by atoms with Crippen LogP contribution in [0.2, 0.25) is 0 Å². The molecule has 0 aliphatic rings. The SMILES string of the molecule is COC(=O)CC(C)(C)CCNC(=S)NCNC(=S)NCCC(C)(C)CC(=O)OC. The van der Waals surface area contributed by atoms with Gasteiger partial charge in [-0.15, -0.1) is 0 Å². The third kappa shape index (κ3) is 14.9. The number of rotatable bonds is 12. The van der Waals surface area contributed by atoms with Crippen LogP contribution in [0.1, 0.15) is 53.4 Å². The maximum Gasteiger partial charge on any atom is 0.306 e. The Hall–Kier alpha value is -1.68. The van der Waals surface area contributed by atoms with Gasteiger partial charge in [0.25, 0.3) is 0 Å². The van der Waals surface area contributed by atoms with E-state index in [2.05, 4.69) is 21.3 Å². The van der Waals surface area contributed by atoms with Gasteiger partial charge in [-0.25, -0.2) is 0 Å². The molecule has 0 spiro atoms. The van der Waals surface area contributed by atoms with Gasteiger partial charge in [-0.2, -0.15) is 0 Å². The number of esters is 2. The molecule has 0 aliphatic heterocycles. The van der Waals surface area contributed by atoms with Gasteiger partial charge >= 0.3 is 11.9 Å². The van der Waals surface area contributed by atoms with Crippen molar-refractivity contribution in [2.75, 3.05) is 34.0 Å². The van der Waals surface area contributed by atoms with Gasteiger partial charge in [-0.05, 0) is 48.1 Å². The van der Waals surface area contributed by atoms with Crippen molar-refractivity contribution in [3.05, 3.63) is 0 Å². The third-order valence-electron chi connectivity index (χ3n) is 4.37. The summed E-state index contributed by atoms with van der Waals surface area (Å²) in [6.07, 6.45) is 2.28. The summed E-state index contributed by atoms with van der Waals surface area (Å²) in [7, 11) is 2.79. The summed E-state index contributed by atoms with van der Waals surface area (Å²) in [5.41, 5.74) is -0.331. The molecule has 10 heteroatoms. The van der Waals surface area contributed by atoms with Gasteiger partial charge in [-0.3, -0.25) is 9.59 Å². The minimum atomic E-state index is -0.213. The molecule has 0 heterocycles. The number of thiocarbonyl (C=S) groups is 2. The fourth-order valence-electron chi connectivity index (χ4n) is 2.46. The summed E-state index contributed by atoms with van der Waals surface area (Å²) in [4.78, 5) is 22.8. The van der Waals surface area contributed by atoms with E-state index in [1.165, 1.54) is 14.2 Å². The van der Waals surface area contributed by atoms with E-state index in [9.17, 15) is 9.59 Å². The zero-order valence-electron chi connectivity index (χ0n) is 18.4. The number of hydrogen-bond acceptors (Lipinski definition) is 6. The maximum atomic E-state index is 11.4. The Morgan fingerprint density at radius 1 is 0.724 bits per heavy atom. The largest absolute Gasteiger partial charge is 0.469 e. The van der Waals surface area contributed by atoms with Gasteiger partial charge in [0, 0.05) is 13.1 Å². The lowest BCUT2D eigenvalue weighted by molar-refractivity contribution is -0.143. The van der Waals surface area contributed by atoms with E-state index in [0.717, 1.165) is 12.8 Å². The molecule has 0 aromatic rings. The van der Waals surface area contributed by atoms with Crippen molar-refractivity contribution in [1.29, 1.82) is 0 Å². The molecule has 4 N–H and O–H groups in total. The second-order valence-electron chi connectivity index (χ2n) is 8.38. The van der Waals surface area contributed by atoms with Crippen LogP contribution >= 0.6 is 24.4 Å². The molecule has 0 aromatic heterocycles. The predicted molar refractivity (Wildman–Crippen MR) is 122 cm³/mol. The van der Waals surface area contributed by atoms with Crippen molar-refractivity contribution in [3.8, 4) is 0 Å². The first-order valence-electron chi connectivity index (χ1n) is 9.58. The first-order valence-corrected chi connectivity index (χ1v) is 10.4. The Morgan fingerprint density at radius 3 is 1.38 bits per heavy atom. The lowest BCUT2D eigenvalue weighted by atomic mass is 9.86. The van der Waals surface area contributed by atoms with Crippen LogP contribution < -0.4 is 21.3 Å². The molecular formula is C19H36N4O4S2. The average molecular weight is 449 g/mol. The Bertz CT molecular complexity index is 520. The molecule has 0 aromatic carbocycles. The van der Waals surface area contributed by atoms with E-state index in [1.54, 1.807) is 0 Å². The van der Waals surface area contributed by atoms with Crippen LogP contribution in [-0.4, -0.2) is 56.1 Å². The third-order valence-corrected chi connectivity index (χ3v) is 4.95. The first kappa shape index (κ1) is 27.3. The minimum absolute atomic E-state index is 0.166. The molecule has 0 amide bonds. The molecule has 29 heavy (non-hydrogen) atoms. The average Bonchev–Trinajstić information content (AvgIpc) is 2.60. The minimum Gasteiger partial charge on any atom is -0.469 e. The Labute approximate surface area is 185 Å². The number of carbonyl (C=O) groups excluding carboxylic acids is 2. The topological polar surface area (TPSA) is 101 Å². The molecule has 0 saturated carbocycles. The van der Waals surface area contributed by atoms with Gasteiger partial charge in [0.2, 0.25) is 0 Å². The Balaban J connectivity index is 3.92. The molecule has 168 valence electrons. The highest BCUT2D eigenvalue weighted by atomic mass is 32.1. The van der Waals surface area contributed by atoms with Gasteiger partial charge in [0.15, 0.2) is 10.2 Å². The fourth-order valence-corrected chi connectivity index (χ4v) is 2.81. The molecule has 8 nitrogen and oxygen atoms in total. The highest BCUT2D eigenvalue weighted by Crippen LogP contribution is 2.25. The van der Waals surface area contributed by atoms with Crippen LogP contribution in [0.5, 0.6) is 0 Å². The van der Waals surface area contributed by atoms with Crippen LogP contribution in [0.25, 0.3) is 0 Å². The second-order valence-corrected chi connectivity index (χ2v) is 9.19. The molecular weight excluding hydrogens is 412 g/mol. The summed E-state index contributed by atoms with van der Waals surface area (Å²) in [6, 6.07) is 0. The number of methoxy groups -OCH3 is 2. The van der Waals surface area contributed by atoms with Gasteiger partial charge in [0.1, 0.15) is 0 Å². The summed E-state index contributed by atoms with van der Waals surface area (Å²) in [5, 5.41) is 13.3. The molecule has 0 bridgehead atoms. The molecule has 0 saturated heterocycles. The number of nitrogens with one attached hydrogen (secondary N) is 4. The van der Waals surface area contributed by atoms with E-state index >= 15 is 0 Å². The van der Waals surface area contributed by atoms with Gasteiger partial charge < -0.3 is 30.7 Å². The standard InChI is InChI=1S/C19H36N4O4S2/c1-18(2,11-14(24)26-5)7-9-20-16(28)22-13-23-17(29)21-10-8-19(3,4)12-15(25)27-6/h7-13H2,1-6H3,(H2,20,22,28)(H2,21,23,29). The van der Waals surface area contributed by atoms with Crippen LogP contribution in [0.3, 0.4) is 0 Å². The lowest BCUT2D eigenvalue weighted by Gasteiger charge is -2.24. The fraction of sp³-hybridized carbons (Fsp3) is 0.789. The van der Waals surface area contributed by atoms with Crippen molar-refractivity contribution in [3.63, 3.8) is 0 Å². The van der Waals surface area contributed by atoms with Crippen molar-refractivity contribution in [1.82, 2.24) is 21.3 Å². The summed E-state index contributed by atoms with van der Waals surface area (Å²) in [5.74, 6) is -0.427. The molecule has 0 atom stereocenters. The highest BCUT2D eigenvalue weighted by molar-refractivity contribution is 7.80. The molecule has 0 rings (SSSR count). The van der Waals surface area contributed by atoms with Crippen molar-refractivity contribution < 1.29 is 19.1 Å². The van der Waals surface area contributed by atoms with E-state index < -0.39 is 0 Å². The van der Waals surface area contributed by atoms with Crippen molar-refractivity contribution >= 4 is 46.6 Å². The highest BCUT2D eigenvalue weighted by Gasteiger charge is 2.23. The Kier molecular flexibility index (Phi) is 12.7. The zero-order valence-corrected chi connectivity index (χ0v) is 20.0. The van der Waals surface area contributed by atoms with Crippen LogP contribution in [-0.2, 0) is 19.1 Å².